The molecule has 19 heavy (non-hydrogen) atoms. The normalized spacial score (nSPS) is 23.4. The number of amides is 2. The van der Waals surface area contributed by atoms with Crippen LogP contribution in [-0.4, -0.2) is 34.3 Å². The van der Waals surface area contributed by atoms with E-state index in [2.05, 4.69) is 26.2 Å². The van der Waals surface area contributed by atoms with E-state index in [9.17, 15) is 9.59 Å². The van der Waals surface area contributed by atoms with Crippen molar-refractivity contribution in [3.05, 3.63) is 28.5 Å². The van der Waals surface area contributed by atoms with Crippen molar-refractivity contribution in [1.29, 1.82) is 0 Å². The average molecular weight is 324 g/mol. The molecular weight excluding hydrogens is 310 g/mol. The Balaban J connectivity index is 1.83. The van der Waals surface area contributed by atoms with Crippen LogP contribution >= 0.6 is 15.9 Å². The molecule has 1 aromatic rings. The average Bonchev–Trinajstić information content (AvgIpc) is 3.18. The molecule has 3 rings (SSSR count). The molecule has 1 saturated carbocycles. The number of piperazine rings is 1. The van der Waals surface area contributed by atoms with Gasteiger partial charge in [0.05, 0.1) is 6.54 Å². The molecule has 100 valence electrons. The van der Waals surface area contributed by atoms with E-state index in [1.54, 1.807) is 17.3 Å². The molecule has 2 amide bonds. The molecule has 1 atom stereocenters. The molecule has 0 aromatic carbocycles. The van der Waals surface area contributed by atoms with Gasteiger partial charge in [0.15, 0.2) is 0 Å². The van der Waals surface area contributed by atoms with Crippen LogP contribution in [0.15, 0.2) is 22.9 Å². The Morgan fingerprint density at radius 2 is 2.16 bits per heavy atom. The smallest absolute Gasteiger partial charge is 0.243 e. The lowest BCUT2D eigenvalue weighted by molar-refractivity contribution is -0.147. The molecule has 1 unspecified atom stereocenters. The molecule has 1 saturated heterocycles. The molecular formula is C13H14BrN3O2. The standard InChI is InChI=1S/C13H14BrN3O2/c14-10-3-8(4-15-5-10)7-17-11(18)6-16-13(19)12(17)9-1-2-9/h3-5,9,12H,1-2,6-7H2,(H,16,19). The minimum absolute atomic E-state index is 0.0172. The second-order valence-electron chi connectivity index (χ2n) is 5.03. The van der Waals surface area contributed by atoms with Gasteiger partial charge < -0.3 is 10.2 Å². The Kier molecular flexibility index (Phi) is 3.26. The Bertz CT molecular complexity index is 530. The van der Waals surface area contributed by atoms with Crippen molar-refractivity contribution >= 4 is 27.7 Å². The minimum Gasteiger partial charge on any atom is -0.345 e. The highest BCUT2D eigenvalue weighted by molar-refractivity contribution is 9.10. The zero-order valence-corrected chi connectivity index (χ0v) is 11.9. The highest BCUT2D eigenvalue weighted by Gasteiger charge is 2.44. The lowest BCUT2D eigenvalue weighted by Crippen LogP contribution is -2.58. The fourth-order valence-electron chi connectivity index (χ4n) is 2.47. The van der Waals surface area contributed by atoms with Crippen LogP contribution in [0.5, 0.6) is 0 Å². The Labute approximate surface area is 119 Å². The number of carbonyl (C=O) groups excluding carboxylic acids is 2. The molecule has 1 aromatic heterocycles. The van der Waals surface area contributed by atoms with Crippen molar-refractivity contribution in [3.8, 4) is 0 Å². The molecule has 0 radical (unpaired) electrons. The van der Waals surface area contributed by atoms with Gasteiger partial charge in [-0.3, -0.25) is 14.6 Å². The summed E-state index contributed by atoms with van der Waals surface area (Å²) in [7, 11) is 0. The van der Waals surface area contributed by atoms with Crippen molar-refractivity contribution in [2.45, 2.75) is 25.4 Å². The van der Waals surface area contributed by atoms with Crippen molar-refractivity contribution in [1.82, 2.24) is 15.2 Å². The summed E-state index contributed by atoms with van der Waals surface area (Å²) in [4.78, 5) is 29.8. The fourth-order valence-corrected chi connectivity index (χ4v) is 2.88. The van der Waals surface area contributed by atoms with Gasteiger partial charge in [-0.2, -0.15) is 0 Å². The van der Waals surface area contributed by atoms with Crippen molar-refractivity contribution in [2.24, 2.45) is 5.92 Å². The molecule has 0 bridgehead atoms. The van der Waals surface area contributed by atoms with E-state index in [1.807, 2.05) is 6.07 Å². The summed E-state index contributed by atoms with van der Waals surface area (Å²) in [5.41, 5.74) is 0.933. The van der Waals surface area contributed by atoms with E-state index in [0.29, 0.717) is 12.5 Å². The first-order valence-corrected chi connectivity index (χ1v) is 7.11. The van der Waals surface area contributed by atoms with Crippen LogP contribution in [0.3, 0.4) is 0 Å². The number of halogens is 1. The summed E-state index contributed by atoms with van der Waals surface area (Å²) >= 11 is 3.37. The number of nitrogens with one attached hydrogen (secondary N) is 1. The molecule has 2 aliphatic rings. The highest BCUT2D eigenvalue weighted by atomic mass is 79.9. The van der Waals surface area contributed by atoms with Crippen LogP contribution < -0.4 is 5.32 Å². The van der Waals surface area contributed by atoms with Crippen LogP contribution in [-0.2, 0) is 16.1 Å². The van der Waals surface area contributed by atoms with Crippen molar-refractivity contribution in [2.75, 3.05) is 6.54 Å². The second-order valence-corrected chi connectivity index (χ2v) is 5.95. The maximum absolute atomic E-state index is 12.1. The number of carbonyl (C=O) groups is 2. The molecule has 0 spiro atoms. The largest absolute Gasteiger partial charge is 0.345 e. The number of hydrogen-bond acceptors (Lipinski definition) is 3. The lowest BCUT2D eigenvalue weighted by atomic mass is 10.1. The number of pyridine rings is 1. The first kappa shape index (κ1) is 12.6. The van der Waals surface area contributed by atoms with Gasteiger partial charge in [-0.05, 0) is 46.3 Å². The molecule has 2 heterocycles. The topological polar surface area (TPSA) is 62.3 Å². The summed E-state index contributed by atoms with van der Waals surface area (Å²) in [5, 5.41) is 2.68. The first-order chi connectivity index (χ1) is 9.15. The minimum atomic E-state index is -0.305. The van der Waals surface area contributed by atoms with E-state index in [1.165, 1.54) is 0 Å². The predicted octanol–water partition coefficient (Wildman–Crippen LogP) is 1.08. The summed E-state index contributed by atoms with van der Waals surface area (Å²) < 4.78 is 0.877. The monoisotopic (exact) mass is 323 g/mol. The molecule has 2 fully saturated rings. The molecule has 1 aliphatic carbocycles. The third kappa shape index (κ3) is 2.63. The third-order valence-electron chi connectivity index (χ3n) is 3.52. The van der Waals surface area contributed by atoms with Crippen molar-refractivity contribution in [3.63, 3.8) is 0 Å². The van der Waals surface area contributed by atoms with Gasteiger partial charge in [0, 0.05) is 23.4 Å². The Morgan fingerprint density at radius 1 is 1.37 bits per heavy atom. The number of hydrogen-bond donors (Lipinski definition) is 1. The summed E-state index contributed by atoms with van der Waals surface area (Å²) in [6.07, 6.45) is 5.48. The summed E-state index contributed by atoms with van der Waals surface area (Å²) in [6.45, 7) is 0.545. The van der Waals surface area contributed by atoms with Crippen molar-refractivity contribution < 1.29 is 9.59 Å². The quantitative estimate of drug-likeness (QED) is 0.905. The van der Waals surface area contributed by atoms with Gasteiger partial charge in [-0.1, -0.05) is 0 Å². The van der Waals surface area contributed by atoms with E-state index in [0.717, 1.165) is 22.9 Å². The molecule has 1 aliphatic heterocycles. The van der Waals surface area contributed by atoms with Gasteiger partial charge in [0.2, 0.25) is 11.8 Å². The predicted molar refractivity (Wildman–Crippen MR) is 72.0 cm³/mol. The lowest BCUT2D eigenvalue weighted by Gasteiger charge is -2.35. The van der Waals surface area contributed by atoms with Crippen LogP contribution in [0.4, 0.5) is 0 Å². The molecule has 1 N–H and O–H groups in total. The number of aromatic nitrogens is 1. The highest BCUT2D eigenvalue weighted by Crippen LogP contribution is 2.37. The zero-order chi connectivity index (χ0) is 13.4. The molecule has 5 nitrogen and oxygen atoms in total. The van der Waals surface area contributed by atoms with Gasteiger partial charge in [0.25, 0.3) is 0 Å². The van der Waals surface area contributed by atoms with E-state index in [4.69, 9.17) is 0 Å². The van der Waals surface area contributed by atoms with Crippen LogP contribution in [0, 0.1) is 5.92 Å². The van der Waals surface area contributed by atoms with Gasteiger partial charge in [-0.25, -0.2) is 0 Å². The van der Waals surface area contributed by atoms with Crippen LogP contribution in [0.25, 0.3) is 0 Å². The molecule has 6 heteroatoms. The van der Waals surface area contributed by atoms with E-state index >= 15 is 0 Å². The summed E-state index contributed by atoms with van der Waals surface area (Å²) in [6, 6.07) is 1.62. The second kappa shape index (κ2) is 4.92. The maximum Gasteiger partial charge on any atom is 0.243 e. The first-order valence-electron chi connectivity index (χ1n) is 6.32. The third-order valence-corrected chi connectivity index (χ3v) is 3.96. The Morgan fingerprint density at radius 3 is 2.84 bits per heavy atom. The van der Waals surface area contributed by atoms with Crippen LogP contribution in [0.2, 0.25) is 0 Å². The fraction of sp³-hybridized carbons (Fsp3) is 0.462. The Hall–Kier alpha value is -1.43. The SMILES string of the molecule is O=C1NCC(=O)N(Cc2cncc(Br)c2)C1C1CC1. The van der Waals surface area contributed by atoms with E-state index < -0.39 is 0 Å². The van der Waals surface area contributed by atoms with Crippen LogP contribution in [0.1, 0.15) is 18.4 Å². The van der Waals surface area contributed by atoms with Gasteiger partial charge >= 0.3 is 0 Å². The zero-order valence-electron chi connectivity index (χ0n) is 10.3. The number of rotatable bonds is 3. The van der Waals surface area contributed by atoms with Gasteiger partial charge in [-0.15, -0.1) is 0 Å². The van der Waals surface area contributed by atoms with Gasteiger partial charge in [0.1, 0.15) is 6.04 Å². The van der Waals surface area contributed by atoms with E-state index in [-0.39, 0.29) is 24.4 Å². The number of nitrogens with zero attached hydrogens (tertiary/aromatic N) is 2. The maximum atomic E-state index is 12.1. The summed E-state index contributed by atoms with van der Waals surface area (Å²) in [5.74, 6) is 0.283.